The van der Waals surface area contributed by atoms with Gasteiger partial charge in [-0.15, -0.1) is 0 Å². The van der Waals surface area contributed by atoms with Crippen LogP contribution in [0, 0.1) is 5.41 Å². The van der Waals surface area contributed by atoms with E-state index in [0.717, 1.165) is 5.70 Å². The normalized spacial score (nSPS) is 13.7. The summed E-state index contributed by atoms with van der Waals surface area (Å²) in [6.07, 6.45) is 7.06. The molecule has 0 radical (unpaired) electrons. The molecule has 4 nitrogen and oxygen atoms in total. The summed E-state index contributed by atoms with van der Waals surface area (Å²) in [5, 5.41) is 0. The van der Waals surface area contributed by atoms with Crippen LogP contribution in [0.5, 0.6) is 0 Å². The third-order valence-corrected chi connectivity index (χ3v) is 2.11. The first kappa shape index (κ1) is 11.5. The van der Waals surface area contributed by atoms with Crippen molar-refractivity contribution in [2.75, 3.05) is 0 Å². The van der Waals surface area contributed by atoms with Crippen molar-refractivity contribution >= 4 is 12.2 Å². The minimum Gasteiger partial charge on any atom is -0.402 e. The van der Waals surface area contributed by atoms with Gasteiger partial charge in [0.1, 0.15) is 0 Å². The van der Waals surface area contributed by atoms with Crippen LogP contribution in [0.2, 0.25) is 0 Å². The maximum Gasteiger partial charge on any atom is 0.229 e. The van der Waals surface area contributed by atoms with E-state index in [1.165, 1.54) is 0 Å². The predicted molar refractivity (Wildman–Crippen MR) is 63.1 cm³/mol. The molecule has 82 valence electrons. The van der Waals surface area contributed by atoms with Crippen molar-refractivity contribution < 1.29 is 0 Å². The lowest BCUT2D eigenvalue weighted by Crippen LogP contribution is -2.16. The maximum absolute atomic E-state index is 5.87. The van der Waals surface area contributed by atoms with Crippen LogP contribution in [0.4, 0.5) is 5.95 Å². The average Bonchev–Trinajstić information content (AvgIpc) is 2.50. The standard InChI is InChI=1S/C11H18N4/c1-11(2,3)9(12)5-6-13-10-14-7-8-15(10)4/h5-8H,12H2,1-4H3. The molecule has 0 aromatic carbocycles. The molecular formula is C11H18N4. The highest BCUT2D eigenvalue weighted by Gasteiger charge is 2.12. The Morgan fingerprint density at radius 1 is 1.53 bits per heavy atom. The molecule has 1 aromatic rings. The Labute approximate surface area is 90.5 Å². The zero-order chi connectivity index (χ0) is 11.5. The van der Waals surface area contributed by atoms with Gasteiger partial charge >= 0.3 is 0 Å². The molecule has 15 heavy (non-hydrogen) atoms. The van der Waals surface area contributed by atoms with Crippen LogP contribution < -0.4 is 5.73 Å². The molecule has 0 saturated carbocycles. The van der Waals surface area contributed by atoms with Crippen LogP contribution in [0.25, 0.3) is 0 Å². The zero-order valence-corrected chi connectivity index (χ0v) is 9.73. The van der Waals surface area contributed by atoms with Crippen LogP contribution in [-0.4, -0.2) is 15.8 Å². The minimum atomic E-state index is -0.0202. The van der Waals surface area contributed by atoms with Gasteiger partial charge in [-0.3, -0.25) is 0 Å². The number of hydrogen-bond acceptors (Lipinski definition) is 3. The fourth-order valence-corrected chi connectivity index (χ4v) is 0.916. The lowest BCUT2D eigenvalue weighted by atomic mass is 9.92. The van der Waals surface area contributed by atoms with Gasteiger partial charge in [0.25, 0.3) is 0 Å². The molecule has 0 unspecified atom stereocenters. The molecule has 0 saturated heterocycles. The van der Waals surface area contributed by atoms with E-state index in [1.807, 2.05) is 23.9 Å². The van der Waals surface area contributed by atoms with E-state index < -0.39 is 0 Å². The number of aryl methyl sites for hydroxylation is 1. The van der Waals surface area contributed by atoms with Crippen molar-refractivity contribution in [3.05, 3.63) is 24.2 Å². The molecule has 1 aromatic heterocycles. The molecule has 0 aliphatic heterocycles. The van der Waals surface area contributed by atoms with Gasteiger partial charge in [-0.2, -0.15) is 0 Å². The van der Waals surface area contributed by atoms with Crippen LogP contribution in [0.3, 0.4) is 0 Å². The summed E-state index contributed by atoms with van der Waals surface area (Å²) in [4.78, 5) is 8.26. The molecule has 2 N–H and O–H groups in total. The number of imidazole rings is 1. The van der Waals surface area contributed by atoms with Crippen LogP contribution in [0.1, 0.15) is 20.8 Å². The Hall–Kier alpha value is -1.58. The van der Waals surface area contributed by atoms with E-state index >= 15 is 0 Å². The first-order chi connectivity index (χ1) is 6.91. The highest BCUT2D eigenvalue weighted by atomic mass is 15.1. The second kappa shape index (κ2) is 4.29. The van der Waals surface area contributed by atoms with Crippen molar-refractivity contribution in [1.29, 1.82) is 0 Å². The summed E-state index contributed by atoms with van der Waals surface area (Å²) in [6, 6.07) is 0. The summed E-state index contributed by atoms with van der Waals surface area (Å²) in [5.74, 6) is 0.674. The number of aliphatic imine (C=N–C) groups is 1. The lowest BCUT2D eigenvalue weighted by Gasteiger charge is -2.17. The summed E-state index contributed by atoms with van der Waals surface area (Å²) in [6.45, 7) is 6.19. The SMILES string of the molecule is Cn1ccnc1N=CC=C(N)C(C)(C)C. The van der Waals surface area contributed by atoms with Crippen molar-refractivity contribution in [3.63, 3.8) is 0 Å². The Bertz CT molecular complexity index is 380. The maximum atomic E-state index is 5.87. The van der Waals surface area contributed by atoms with Crippen LogP contribution >= 0.6 is 0 Å². The summed E-state index contributed by atoms with van der Waals surface area (Å²) in [5.41, 5.74) is 6.66. The first-order valence-electron chi connectivity index (χ1n) is 4.89. The molecule has 0 amide bonds. The Morgan fingerprint density at radius 2 is 2.20 bits per heavy atom. The zero-order valence-electron chi connectivity index (χ0n) is 9.73. The van der Waals surface area contributed by atoms with Gasteiger partial charge in [0.05, 0.1) is 0 Å². The first-order valence-corrected chi connectivity index (χ1v) is 4.89. The topological polar surface area (TPSA) is 56.2 Å². The molecular weight excluding hydrogens is 188 g/mol. The van der Waals surface area contributed by atoms with Crippen LogP contribution in [0.15, 0.2) is 29.2 Å². The highest BCUT2D eigenvalue weighted by molar-refractivity contribution is 5.74. The van der Waals surface area contributed by atoms with E-state index in [0.29, 0.717) is 5.95 Å². The number of rotatable bonds is 2. The third-order valence-electron chi connectivity index (χ3n) is 2.11. The van der Waals surface area contributed by atoms with Crippen molar-refractivity contribution in [2.24, 2.45) is 23.2 Å². The number of nitrogens with two attached hydrogens (primary N) is 1. The van der Waals surface area contributed by atoms with Gasteiger partial charge in [0.2, 0.25) is 5.95 Å². The minimum absolute atomic E-state index is 0.0202. The molecule has 0 bridgehead atoms. The molecule has 4 heteroatoms. The number of allylic oxidation sites excluding steroid dienone is 2. The second-order valence-corrected chi connectivity index (χ2v) is 4.49. The molecule has 0 spiro atoms. The Morgan fingerprint density at radius 3 is 2.67 bits per heavy atom. The predicted octanol–water partition coefficient (Wildman–Crippen LogP) is 2.01. The average molecular weight is 206 g/mol. The monoisotopic (exact) mass is 206 g/mol. The van der Waals surface area contributed by atoms with E-state index in [4.69, 9.17) is 5.73 Å². The van der Waals surface area contributed by atoms with Crippen LogP contribution in [-0.2, 0) is 7.05 Å². The van der Waals surface area contributed by atoms with Gasteiger partial charge in [-0.1, -0.05) is 20.8 Å². The summed E-state index contributed by atoms with van der Waals surface area (Å²) >= 11 is 0. The van der Waals surface area contributed by atoms with Gasteiger partial charge < -0.3 is 10.3 Å². The third kappa shape index (κ3) is 3.23. The second-order valence-electron chi connectivity index (χ2n) is 4.49. The number of aromatic nitrogens is 2. The fraction of sp³-hybridized carbons (Fsp3) is 0.455. The van der Waals surface area contributed by atoms with Gasteiger partial charge in [0.15, 0.2) is 0 Å². The lowest BCUT2D eigenvalue weighted by molar-refractivity contribution is 0.498. The summed E-state index contributed by atoms with van der Waals surface area (Å²) < 4.78 is 1.84. The highest BCUT2D eigenvalue weighted by Crippen LogP contribution is 2.19. The Balaban J connectivity index is 2.73. The molecule has 0 aliphatic rings. The van der Waals surface area contributed by atoms with E-state index in [1.54, 1.807) is 12.4 Å². The quantitative estimate of drug-likeness (QED) is 0.752. The Kier molecular flexibility index (Phi) is 3.29. The smallest absolute Gasteiger partial charge is 0.229 e. The molecule has 0 aliphatic carbocycles. The number of nitrogens with zero attached hydrogens (tertiary/aromatic N) is 3. The largest absolute Gasteiger partial charge is 0.402 e. The van der Waals surface area contributed by atoms with Crippen molar-refractivity contribution in [1.82, 2.24) is 9.55 Å². The van der Waals surface area contributed by atoms with E-state index in [-0.39, 0.29) is 5.41 Å². The summed E-state index contributed by atoms with van der Waals surface area (Å²) in [7, 11) is 1.90. The molecule has 0 atom stereocenters. The van der Waals surface area contributed by atoms with E-state index in [2.05, 4.69) is 30.7 Å². The van der Waals surface area contributed by atoms with E-state index in [9.17, 15) is 0 Å². The van der Waals surface area contributed by atoms with Crippen molar-refractivity contribution in [3.8, 4) is 0 Å². The van der Waals surface area contributed by atoms with Gasteiger partial charge in [-0.05, 0) is 6.08 Å². The van der Waals surface area contributed by atoms with Gasteiger partial charge in [-0.25, -0.2) is 9.98 Å². The molecule has 0 fully saturated rings. The fourth-order valence-electron chi connectivity index (χ4n) is 0.916. The van der Waals surface area contributed by atoms with Crippen molar-refractivity contribution in [2.45, 2.75) is 20.8 Å². The molecule has 1 heterocycles. The molecule has 1 rings (SSSR count). The number of hydrogen-bond donors (Lipinski definition) is 1. The van der Waals surface area contributed by atoms with Gasteiger partial charge in [0, 0.05) is 36.8 Å².